The number of likely N-dealkylation sites (tertiary alicyclic amines) is 1. The summed E-state index contributed by atoms with van der Waals surface area (Å²) in [6.07, 6.45) is 8.18. The molecule has 0 atom stereocenters. The van der Waals surface area contributed by atoms with Crippen molar-refractivity contribution in [2.45, 2.75) is 51.0 Å². The predicted octanol–water partition coefficient (Wildman–Crippen LogP) is 4.14. The quantitative estimate of drug-likeness (QED) is 0.813. The molecule has 132 valence electrons. The summed E-state index contributed by atoms with van der Waals surface area (Å²) in [5.74, 6) is 1.21. The van der Waals surface area contributed by atoms with Crippen LogP contribution in [-0.4, -0.2) is 36.4 Å². The van der Waals surface area contributed by atoms with Gasteiger partial charge in [0.05, 0.1) is 5.02 Å². The van der Waals surface area contributed by atoms with E-state index in [1.165, 1.54) is 38.6 Å². The van der Waals surface area contributed by atoms with Crippen LogP contribution in [0.5, 0.6) is 0 Å². The number of nitrogens with zero attached hydrogens (tertiary/aromatic N) is 1. The van der Waals surface area contributed by atoms with Gasteiger partial charge in [0.15, 0.2) is 5.78 Å². The molecular weight excluding hydrogens is 320 g/mol. The zero-order chi connectivity index (χ0) is 16.9. The molecule has 24 heavy (non-hydrogen) atoms. The third-order valence-electron chi connectivity index (χ3n) is 5.84. The lowest BCUT2D eigenvalue weighted by Gasteiger charge is -2.33. The molecule has 2 aliphatic rings. The Morgan fingerprint density at radius 1 is 1.08 bits per heavy atom. The van der Waals surface area contributed by atoms with Crippen molar-refractivity contribution in [1.29, 1.82) is 0 Å². The molecule has 2 fully saturated rings. The summed E-state index contributed by atoms with van der Waals surface area (Å²) in [6.45, 7) is 3.24. The highest BCUT2D eigenvalue weighted by Crippen LogP contribution is 2.28. The lowest BCUT2D eigenvalue weighted by molar-refractivity contribution is 0.0833. The van der Waals surface area contributed by atoms with E-state index >= 15 is 0 Å². The van der Waals surface area contributed by atoms with E-state index in [-0.39, 0.29) is 11.7 Å². The summed E-state index contributed by atoms with van der Waals surface area (Å²) in [5, 5.41) is 0.584. The van der Waals surface area contributed by atoms with Crippen molar-refractivity contribution < 1.29 is 4.79 Å². The van der Waals surface area contributed by atoms with E-state index in [1.54, 1.807) is 6.07 Å². The van der Waals surface area contributed by atoms with Gasteiger partial charge < -0.3 is 10.6 Å². The Hall–Kier alpha value is -0.900. The molecule has 0 radical (unpaired) electrons. The fourth-order valence-electron chi connectivity index (χ4n) is 4.14. The van der Waals surface area contributed by atoms with Crippen LogP contribution in [0.3, 0.4) is 0 Å². The molecule has 0 aromatic heterocycles. The molecule has 0 bridgehead atoms. The van der Waals surface area contributed by atoms with Crippen LogP contribution in [0.1, 0.15) is 55.3 Å². The lowest BCUT2D eigenvalue weighted by atomic mass is 9.84. The highest BCUT2D eigenvalue weighted by Gasteiger charge is 2.27. The maximum Gasteiger partial charge on any atom is 0.167 e. The van der Waals surface area contributed by atoms with Crippen LogP contribution < -0.4 is 5.73 Å². The zero-order valence-electron chi connectivity index (χ0n) is 14.4. The standard InChI is InChI=1S/C20H29ClN2O/c21-19-4-2-1-3-18(19)20(24)16-10-13-23(14-11-16)12-9-15-5-7-17(22)8-6-15/h1-4,15-17H,5-14,22H2. The predicted molar refractivity (Wildman–Crippen MR) is 99.5 cm³/mol. The Morgan fingerprint density at radius 3 is 2.42 bits per heavy atom. The normalized spacial score (nSPS) is 26.4. The van der Waals surface area contributed by atoms with Gasteiger partial charge in [0, 0.05) is 17.5 Å². The Morgan fingerprint density at radius 2 is 1.75 bits per heavy atom. The molecule has 1 heterocycles. The molecule has 0 amide bonds. The van der Waals surface area contributed by atoms with Crippen molar-refractivity contribution in [3.63, 3.8) is 0 Å². The minimum atomic E-state index is 0.133. The van der Waals surface area contributed by atoms with E-state index in [4.69, 9.17) is 17.3 Å². The number of hydrogen-bond donors (Lipinski definition) is 1. The number of nitrogens with two attached hydrogens (primary N) is 1. The van der Waals surface area contributed by atoms with Gasteiger partial charge in [-0.25, -0.2) is 0 Å². The van der Waals surface area contributed by atoms with Crippen molar-refractivity contribution in [2.75, 3.05) is 19.6 Å². The average Bonchev–Trinajstić information content (AvgIpc) is 2.61. The number of carbonyl (C=O) groups excluding carboxylic acids is 1. The van der Waals surface area contributed by atoms with Gasteiger partial charge in [-0.3, -0.25) is 4.79 Å². The summed E-state index contributed by atoms with van der Waals surface area (Å²) in [5.41, 5.74) is 6.68. The number of ketones is 1. The molecule has 0 spiro atoms. The van der Waals surface area contributed by atoms with Crippen LogP contribution in [0.2, 0.25) is 5.02 Å². The first-order valence-corrected chi connectivity index (χ1v) is 9.78. The second kappa shape index (κ2) is 8.46. The van der Waals surface area contributed by atoms with E-state index < -0.39 is 0 Å². The number of carbonyl (C=O) groups is 1. The fourth-order valence-corrected chi connectivity index (χ4v) is 4.37. The molecule has 1 aromatic rings. The number of piperidine rings is 1. The second-order valence-electron chi connectivity index (χ2n) is 7.53. The molecular formula is C20H29ClN2O. The second-order valence-corrected chi connectivity index (χ2v) is 7.94. The minimum Gasteiger partial charge on any atom is -0.328 e. The largest absolute Gasteiger partial charge is 0.328 e. The monoisotopic (exact) mass is 348 g/mol. The summed E-state index contributed by atoms with van der Waals surface area (Å²) < 4.78 is 0. The first-order valence-electron chi connectivity index (χ1n) is 9.40. The van der Waals surface area contributed by atoms with Crippen molar-refractivity contribution in [3.05, 3.63) is 34.9 Å². The molecule has 1 aliphatic heterocycles. The number of rotatable bonds is 5. The molecule has 4 heteroatoms. The van der Waals surface area contributed by atoms with Crippen molar-refractivity contribution >= 4 is 17.4 Å². The van der Waals surface area contributed by atoms with Crippen LogP contribution in [0.25, 0.3) is 0 Å². The number of Topliss-reactive ketones (excluding diaryl/α,β-unsaturated/α-hetero) is 1. The summed E-state index contributed by atoms with van der Waals surface area (Å²) in [6, 6.07) is 7.86. The number of halogens is 1. The Kier molecular flexibility index (Phi) is 6.31. The molecule has 1 aliphatic carbocycles. The Balaban J connectivity index is 1.42. The highest BCUT2D eigenvalue weighted by atomic mass is 35.5. The topological polar surface area (TPSA) is 46.3 Å². The maximum atomic E-state index is 12.6. The lowest BCUT2D eigenvalue weighted by Crippen LogP contribution is -2.38. The van der Waals surface area contributed by atoms with Crippen LogP contribution in [0.4, 0.5) is 0 Å². The van der Waals surface area contributed by atoms with E-state index in [1.807, 2.05) is 18.2 Å². The van der Waals surface area contributed by atoms with Gasteiger partial charge in [-0.15, -0.1) is 0 Å². The smallest absolute Gasteiger partial charge is 0.167 e. The van der Waals surface area contributed by atoms with Crippen molar-refractivity contribution in [3.8, 4) is 0 Å². The van der Waals surface area contributed by atoms with Gasteiger partial charge in [-0.1, -0.05) is 23.7 Å². The molecule has 2 N–H and O–H groups in total. The summed E-state index contributed by atoms with van der Waals surface area (Å²) >= 11 is 6.17. The van der Waals surface area contributed by atoms with E-state index in [0.717, 1.165) is 31.8 Å². The number of benzene rings is 1. The maximum absolute atomic E-state index is 12.6. The van der Waals surface area contributed by atoms with Crippen LogP contribution in [-0.2, 0) is 0 Å². The Labute approximate surface area is 150 Å². The van der Waals surface area contributed by atoms with Gasteiger partial charge in [0.2, 0.25) is 0 Å². The third-order valence-corrected chi connectivity index (χ3v) is 6.17. The van der Waals surface area contributed by atoms with Gasteiger partial charge in [0.25, 0.3) is 0 Å². The average molecular weight is 349 g/mol. The highest BCUT2D eigenvalue weighted by molar-refractivity contribution is 6.34. The van der Waals surface area contributed by atoms with Crippen LogP contribution in [0.15, 0.2) is 24.3 Å². The number of hydrogen-bond acceptors (Lipinski definition) is 3. The summed E-state index contributed by atoms with van der Waals surface area (Å²) in [7, 11) is 0. The van der Waals surface area contributed by atoms with Gasteiger partial charge in [-0.05, 0) is 82.6 Å². The molecule has 1 saturated heterocycles. The van der Waals surface area contributed by atoms with Gasteiger partial charge in [-0.2, -0.15) is 0 Å². The van der Waals surface area contributed by atoms with Crippen LogP contribution in [0, 0.1) is 11.8 Å². The fraction of sp³-hybridized carbons (Fsp3) is 0.650. The zero-order valence-corrected chi connectivity index (χ0v) is 15.2. The van der Waals surface area contributed by atoms with E-state index in [2.05, 4.69) is 4.90 Å². The van der Waals surface area contributed by atoms with Crippen molar-refractivity contribution in [2.24, 2.45) is 17.6 Å². The molecule has 3 rings (SSSR count). The van der Waals surface area contributed by atoms with E-state index in [0.29, 0.717) is 16.6 Å². The van der Waals surface area contributed by atoms with Crippen LogP contribution >= 0.6 is 11.6 Å². The van der Waals surface area contributed by atoms with E-state index in [9.17, 15) is 4.79 Å². The SMILES string of the molecule is NC1CCC(CCN2CCC(C(=O)c3ccccc3Cl)CC2)CC1. The first kappa shape index (κ1) is 17.9. The van der Waals surface area contributed by atoms with Gasteiger partial charge >= 0.3 is 0 Å². The summed E-state index contributed by atoms with van der Waals surface area (Å²) in [4.78, 5) is 15.2. The van der Waals surface area contributed by atoms with Crippen molar-refractivity contribution in [1.82, 2.24) is 4.90 Å². The van der Waals surface area contributed by atoms with Gasteiger partial charge in [0.1, 0.15) is 0 Å². The molecule has 3 nitrogen and oxygen atoms in total. The first-order chi connectivity index (χ1) is 11.6. The minimum absolute atomic E-state index is 0.133. The molecule has 0 unspecified atom stereocenters. The third kappa shape index (κ3) is 4.59. The Bertz CT molecular complexity index is 546. The molecule has 1 aromatic carbocycles. The molecule has 1 saturated carbocycles.